The predicted molar refractivity (Wildman–Crippen MR) is 110 cm³/mol. The van der Waals surface area contributed by atoms with Gasteiger partial charge in [0.15, 0.2) is 11.6 Å². The van der Waals surface area contributed by atoms with Crippen LogP contribution in [0.1, 0.15) is 11.4 Å². The molecule has 0 saturated carbocycles. The highest BCUT2D eigenvalue weighted by Crippen LogP contribution is 2.27. The van der Waals surface area contributed by atoms with Crippen molar-refractivity contribution in [3.8, 4) is 0 Å². The van der Waals surface area contributed by atoms with Crippen molar-refractivity contribution in [3.05, 3.63) is 72.6 Å². The van der Waals surface area contributed by atoms with Gasteiger partial charge in [0.05, 0.1) is 22.8 Å². The van der Waals surface area contributed by atoms with Gasteiger partial charge >= 0.3 is 0 Å². The van der Waals surface area contributed by atoms with E-state index in [9.17, 15) is 0 Å². The summed E-state index contributed by atoms with van der Waals surface area (Å²) in [6.45, 7) is 3.75. The van der Waals surface area contributed by atoms with Crippen molar-refractivity contribution in [1.29, 1.82) is 0 Å². The van der Waals surface area contributed by atoms with Crippen molar-refractivity contribution in [2.45, 2.75) is 13.8 Å². The molecule has 0 N–H and O–H groups in total. The molecule has 0 bridgehead atoms. The third-order valence-corrected chi connectivity index (χ3v) is 4.44. The summed E-state index contributed by atoms with van der Waals surface area (Å²) in [6, 6.07) is 11.0. The lowest BCUT2D eigenvalue weighted by atomic mass is 10.3. The van der Waals surface area contributed by atoms with Gasteiger partial charge in [0.25, 0.3) is 0 Å². The lowest BCUT2D eigenvalue weighted by molar-refractivity contribution is 1.06. The van der Waals surface area contributed by atoms with Gasteiger partial charge in [0.1, 0.15) is 0 Å². The number of nitrogens with zero attached hydrogens (tertiary/aromatic N) is 10. The number of aryl methyl sites for hydroxylation is 2. The molecule has 0 aliphatic heterocycles. The summed E-state index contributed by atoms with van der Waals surface area (Å²) in [5, 5.41) is 17.4. The summed E-state index contributed by atoms with van der Waals surface area (Å²) in [4.78, 5) is 17.2. The molecule has 0 amide bonds. The van der Waals surface area contributed by atoms with Crippen molar-refractivity contribution in [3.63, 3.8) is 0 Å². The maximum atomic E-state index is 4.39. The fourth-order valence-corrected chi connectivity index (χ4v) is 3.04. The van der Waals surface area contributed by atoms with Gasteiger partial charge in [-0.05, 0) is 44.2 Å². The number of fused-ring (bicyclic) bond motifs is 2. The molecule has 0 atom stereocenters. The quantitative estimate of drug-likeness (QED) is 0.388. The van der Waals surface area contributed by atoms with E-state index in [1.807, 2.05) is 56.6 Å². The fourth-order valence-electron chi connectivity index (χ4n) is 3.04. The molecule has 4 heterocycles. The highest BCUT2D eigenvalue weighted by molar-refractivity contribution is 5.52. The highest BCUT2D eigenvalue weighted by atomic mass is 15.2. The zero-order valence-corrected chi connectivity index (χ0v) is 16.2. The lowest BCUT2D eigenvalue weighted by Crippen LogP contribution is -1.84. The maximum Gasteiger partial charge on any atom is 0.235 e. The van der Waals surface area contributed by atoms with E-state index >= 15 is 0 Å². The van der Waals surface area contributed by atoms with Crippen LogP contribution in [-0.4, -0.2) is 28.7 Å². The Labute approximate surface area is 170 Å². The number of azo groups is 2. The predicted octanol–water partition coefficient (Wildman–Crippen LogP) is 5.22. The van der Waals surface area contributed by atoms with E-state index in [2.05, 4.69) is 40.4 Å². The Morgan fingerprint density at radius 2 is 1.17 bits per heavy atom. The van der Waals surface area contributed by atoms with Gasteiger partial charge in [-0.3, -0.25) is 8.80 Å². The molecule has 0 saturated heterocycles. The van der Waals surface area contributed by atoms with Gasteiger partial charge in [0, 0.05) is 24.8 Å². The molecule has 0 radical (unpaired) electrons. The third kappa shape index (κ3) is 3.20. The number of imidazole rings is 2. The molecule has 4 aromatic heterocycles. The molecule has 0 aliphatic carbocycles. The monoisotopic (exact) mass is 396 g/mol. The van der Waals surface area contributed by atoms with Crippen LogP contribution in [0.15, 0.2) is 81.6 Å². The van der Waals surface area contributed by atoms with Gasteiger partial charge < -0.3 is 0 Å². The van der Waals surface area contributed by atoms with E-state index in [0.717, 1.165) is 11.4 Å². The average molecular weight is 396 g/mol. The standard InChI is InChI=1S/C20H16N10/c1-13-17(29-10-4-8-21-19(29)23-13)27-25-15-6-3-7-16(12-15)26-28-18-14(2)24-20-22-9-5-11-30(18)20/h3-12H,1-2H3. The first-order valence-electron chi connectivity index (χ1n) is 9.22. The van der Waals surface area contributed by atoms with E-state index in [0.29, 0.717) is 34.6 Å². The van der Waals surface area contributed by atoms with Crippen LogP contribution in [-0.2, 0) is 0 Å². The molecule has 1 aromatic carbocycles. The summed E-state index contributed by atoms with van der Waals surface area (Å²) in [5.74, 6) is 2.45. The molecule has 10 heteroatoms. The molecule has 0 unspecified atom stereocenters. The number of aromatic nitrogens is 6. The summed E-state index contributed by atoms with van der Waals surface area (Å²) >= 11 is 0. The second-order valence-electron chi connectivity index (χ2n) is 6.54. The van der Waals surface area contributed by atoms with E-state index in [1.54, 1.807) is 27.3 Å². The normalized spacial score (nSPS) is 12.1. The van der Waals surface area contributed by atoms with Gasteiger partial charge in [0.2, 0.25) is 11.6 Å². The van der Waals surface area contributed by atoms with Crippen molar-refractivity contribution in [2.75, 3.05) is 0 Å². The Kier molecular flexibility index (Phi) is 4.28. The second kappa shape index (κ2) is 7.24. The minimum atomic E-state index is 0.587. The second-order valence-corrected chi connectivity index (χ2v) is 6.54. The maximum absolute atomic E-state index is 4.39. The van der Waals surface area contributed by atoms with Crippen molar-refractivity contribution < 1.29 is 0 Å². The molecule has 0 fully saturated rings. The Morgan fingerprint density at radius 1 is 0.667 bits per heavy atom. The first kappa shape index (κ1) is 17.7. The van der Waals surface area contributed by atoms with Crippen LogP contribution in [0.2, 0.25) is 0 Å². The molecule has 5 aromatic rings. The summed E-state index contributed by atoms with van der Waals surface area (Å²) in [5.41, 5.74) is 2.82. The van der Waals surface area contributed by atoms with E-state index < -0.39 is 0 Å². The van der Waals surface area contributed by atoms with Gasteiger partial charge in [-0.2, -0.15) is 0 Å². The zero-order valence-electron chi connectivity index (χ0n) is 16.2. The third-order valence-electron chi connectivity index (χ3n) is 4.44. The van der Waals surface area contributed by atoms with Crippen molar-refractivity contribution >= 4 is 34.6 Å². The number of rotatable bonds is 4. The molecule has 10 nitrogen and oxygen atoms in total. The number of benzene rings is 1. The van der Waals surface area contributed by atoms with Gasteiger partial charge in [-0.15, -0.1) is 20.5 Å². The Balaban J connectivity index is 1.44. The van der Waals surface area contributed by atoms with Crippen molar-refractivity contribution in [2.24, 2.45) is 20.5 Å². The number of hydrogen-bond donors (Lipinski definition) is 0. The first-order chi connectivity index (χ1) is 14.7. The molecule has 5 rings (SSSR count). The minimum absolute atomic E-state index is 0.587. The Morgan fingerprint density at radius 3 is 1.67 bits per heavy atom. The van der Waals surface area contributed by atoms with Crippen molar-refractivity contribution in [1.82, 2.24) is 28.7 Å². The Bertz CT molecular complexity index is 1320. The summed E-state index contributed by atoms with van der Waals surface area (Å²) in [7, 11) is 0. The molecule has 30 heavy (non-hydrogen) atoms. The van der Waals surface area contributed by atoms with E-state index in [1.165, 1.54) is 0 Å². The minimum Gasteiger partial charge on any atom is -0.267 e. The van der Waals surface area contributed by atoms with Crippen LogP contribution in [0.25, 0.3) is 11.6 Å². The zero-order chi connectivity index (χ0) is 20.5. The molecular weight excluding hydrogens is 380 g/mol. The van der Waals surface area contributed by atoms with Gasteiger partial charge in [-0.25, -0.2) is 19.9 Å². The van der Waals surface area contributed by atoms with Crippen LogP contribution in [0.5, 0.6) is 0 Å². The molecular formula is C20H16N10. The van der Waals surface area contributed by atoms with Crippen LogP contribution >= 0.6 is 0 Å². The van der Waals surface area contributed by atoms with Crippen LogP contribution in [0.4, 0.5) is 23.0 Å². The lowest BCUT2D eigenvalue weighted by Gasteiger charge is -1.97. The molecule has 146 valence electrons. The number of hydrogen-bond acceptors (Lipinski definition) is 8. The summed E-state index contributed by atoms with van der Waals surface area (Å²) < 4.78 is 3.59. The first-order valence-corrected chi connectivity index (χ1v) is 9.22. The van der Waals surface area contributed by atoms with Crippen LogP contribution < -0.4 is 0 Å². The van der Waals surface area contributed by atoms with E-state index in [4.69, 9.17) is 0 Å². The molecule has 0 aliphatic rings. The smallest absolute Gasteiger partial charge is 0.235 e. The highest BCUT2D eigenvalue weighted by Gasteiger charge is 2.09. The SMILES string of the molecule is Cc1nc2ncccn2c1N=Nc1cccc(N=Nc2c(C)nc3ncccn23)c1. The van der Waals surface area contributed by atoms with E-state index in [-0.39, 0.29) is 0 Å². The topological polar surface area (TPSA) is 110 Å². The van der Waals surface area contributed by atoms with Crippen LogP contribution in [0.3, 0.4) is 0 Å². The largest absolute Gasteiger partial charge is 0.267 e. The fraction of sp³-hybridized carbons (Fsp3) is 0.100. The summed E-state index contributed by atoms with van der Waals surface area (Å²) in [6.07, 6.45) is 7.10. The Hall–Kier alpha value is -4.34. The average Bonchev–Trinajstić information content (AvgIpc) is 3.26. The van der Waals surface area contributed by atoms with Gasteiger partial charge in [-0.1, -0.05) is 6.07 Å². The molecule has 0 spiro atoms. The van der Waals surface area contributed by atoms with Crippen LogP contribution in [0, 0.1) is 13.8 Å².